The maximum Gasteiger partial charge on any atom is 0.169 e. The average Bonchev–Trinajstić information content (AvgIpc) is 2.68. The van der Waals surface area contributed by atoms with Crippen LogP contribution in [0.2, 0.25) is 0 Å². The maximum atomic E-state index is 5.69. The third-order valence-electron chi connectivity index (χ3n) is 7.78. The summed E-state index contributed by atoms with van der Waals surface area (Å²) in [4.78, 5) is 5.28. The van der Waals surface area contributed by atoms with Crippen molar-refractivity contribution >= 4 is 17.3 Å². The highest BCUT2D eigenvalue weighted by molar-refractivity contribution is 7.80. The Morgan fingerprint density at radius 2 is 1.52 bits per heavy atom. The number of nitrogens with one attached hydrogen (secondary N) is 1. The summed E-state index contributed by atoms with van der Waals surface area (Å²) >= 11 is 5.69. The van der Waals surface area contributed by atoms with E-state index in [1.165, 1.54) is 57.2 Å². The van der Waals surface area contributed by atoms with Gasteiger partial charge < -0.3 is 10.2 Å². The first kappa shape index (κ1) is 17.9. The number of benzene rings is 1. The van der Waals surface area contributed by atoms with E-state index in [1.54, 1.807) is 0 Å². The summed E-state index contributed by atoms with van der Waals surface area (Å²) in [5, 5.41) is 4.44. The van der Waals surface area contributed by atoms with Crippen molar-refractivity contribution in [2.45, 2.75) is 50.5 Å². The van der Waals surface area contributed by atoms with Crippen molar-refractivity contribution in [1.82, 2.24) is 15.1 Å². The minimum Gasteiger partial charge on any atom is -0.362 e. The summed E-state index contributed by atoms with van der Waals surface area (Å²) in [5.41, 5.74) is 1.93. The van der Waals surface area contributed by atoms with E-state index >= 15 is 0 Å². The van der Waals surface area contributed by atoms with Crippen molar-refractivity contribution in [3.8, 4) is 0 Å². The SMILES string of the molecule is S=C(NCCc1ccccc1)N1CCN(C23CC4CC(CC(C4)C2)C3)CC1. The van der Waals surface area contributed by atoms with Crippen LogP contribution in [0.5, 0.6) is 0 Å². The van der Waals surface area contributed by atoms with Crippen LogP contribution < -0.4 is 5.32 Å². The smallest absolute Gasteiger partial charge is 0.169 e. The molecule has 0 aromatic heterocycles. The number of nitrogens with zero attached hydrogens (tertiary/aromatic N) is 2. The van der Waals surface area contributed by atoms with Crippen LogP contribution in [0.1, 0.15) is 44.1 Å². The van der Waals surface area contributed by atoms with Gasteiger partial charge in [-0.25, -0.2) is 0 Å². The number of hydrogen-bond acceptors (Lipinski definition) is 2. The van der Waals surface area contributed by atoms with E-state index in [2.05, 4.69) is 45.4 Å². The van der Waals surface area contributed by atoms with E-state index < -0.39 is 0 Å². The molecule has 146 valence electrons. The standard InChI is InChI=1S/C23H33N3S/c27-22(24-7-6-18-4-2-1-3-5-18)25-8-10-26(11-9-25)23-15-19-12-20(16-23)14-21(13-19)17-23/h1-5,19-21H,6-17H2,(H,24,27). The van der Waals surface area contributed by atoms with Crippen molar-refractivity contribution in [2.24, 2.45) is 17.8 Å². The number of rotatable bonds is 4. The fourth-order valence-corrected chi connectivity index (χ4v) is 7.19. The molecule has 1 N–H and O–H groups in total. The fourth-order valence-electron chi connectivity index (χ4n) is 6.91. The molecule has 0 radical (unpaired) electrons. The van der Waals surface area contributed by atoms with Crippen molar-refractivity contribution in [3.63, 3.8) is 0 Å². The van der Waals surface area contributed by atoms with E-state index in [9.17, 15) is 0 Å². The minimum atomic E-state index is 0.559. The van der Waals surface area contributed by atoms with Crippen molar-refractivity contribution in [3.05, 3.63) is 35.9 Å². The van der Waals surface area contributed by atoms with E-state index in [0.717, 1.165) is 48.9 Å². The van der Waals surface area contributed by atoms with Gasteiger partial charge in [-0.1, -0.05) is 30.3 Å². The largest absolute Gasteiger partial charge is 0.362 e. The van der Waals surface area contributed by atoms with Crippen LogP contribution in [-0.2, 0) is 6.42 Å². The van der Waals surface area contributed by atoms with E-state index in [-0.39, 0.29) is 0 Å². The Kier molecular flexibility index (Phi) is 4.89. The highest BCUT2D eigenvalue weighted by Crippen LogP contribution is 2.57. The van der Waals surface area contributed by atoms with Crippen molar-refractivity contribution < 1.29 is 0 Å². The maximum absolute atomic E-state index is 5.69. The lowest BCUT2D eigenvalue weighted by Crippen LogP contribution is -2.64. The molecule has 27 heavy (non-hydrogen) atoms. The van der Waals surface area contributed by atoms with Gasteiger partial charge in [0.25, 0.3) is 0 Å². The van der Waals surface area contributed by atoms with Crippen LogP contribution in [-0.4, -0.2) is 53.2 Å². The number of hydrogen-bond donors (Lipinski definition) is 1. The molecule has 1 heterocycles. The van der Waals surface area contributed by atoms with Gasteiger partial charge in [-0.3, -0.25) is 4.90 Å². The lowest BCUT2D eigenvalue weighted by molar-refractivity contribution is -0.0971. The summed E-state index contributed by atoms with van der Waals surface area (Å²) in [6.45, 7) is 5.52. The average molecular weight is 384 g/mol. The van der Waals surface area contributed by atoms with Crippen LogP contribution in [0, 0.1) is 17.8 Å². The first-order valence-electron chi connectivity index (χ1n) is 11.0. The van der Waals surface area contributed by atoms with Crippen LogP contribution in [0.15, 0.2) is 30.3 Å². The number of thiocarbonyl (C=S) groups is 1. The minimum absolute atomic E-state index is 0.559. The van der Waals surface area contributed by atoms with E-state index in [0.29, 0.717) is 5.54 Å². The zero-order valence-electron chi connectivity index (χ0n) is 16.4. The van der Waals surface area contributed by atoms with Gasteiger partial charge in [0.05, 0.1) is 0 Å². The topological polar surface area (TPSA) is 18.5 Å². The van der Waals surface area contributed by atoms with E-state index in [4.69, 9.17) is 12.2 Å². The van der Waals surface area contributed by atoms with Gasteiger partial charge in [-0.05, 0) is 80.5 Å². The summed E-state index contributed by atoms with van der Waals surface area (Å²) in [6.07, 6.45) is 10.1. The molecule has 4 heteroatoms. The Morgan fingerprint density at radius 1 is 0.926 bits per heavy atom. The molecule has 0 atom stereocenters. The van der Waals surface area contributed by atoms with Gasteiger partial charge in [0.1, 0.15) is 0 Å². The molecule has 1 aliphatic heterocycles. The molecule has 6 rings (SSSR count). The normalized spacial score (nSPS) is 35.4. The van der Waals surface area contributed by atoms with Crippen LogP contribution in [0.3, 0.4) is 0 Å². The van der Waals surface area contributed by atoms with Crippen molar-refractivity contribution in [2.75, 3.05) is 32.7 Å². The second kappa shape index (κ2) is 7.36. The van der Waals surface area contributed by atoms with Gasteiger partial charge in [0, 0.05) is 38.3 Å². The Hall–Kier alpha value is -1.13. The summed E-state index contributed by atoms with van der Waals surface area (Å²) in [5.74, 6) is 3.11. The second-order valence-electron chi connectivity index (χ2n) is 9.58. The van der Waals surface area contributed by atoms with E-state index in [1.807, 2.05) is 0 Å². The van der Waals surface area contributed by atoms with Gasteiger partial charge >= 0.3 is 0 Å². The van der Waals surface area contributed by atoms with Crippen LogP contribution >= 0.6 is 12.2 Å². The molecule has 1 aromatic carbocycles. The van der Waals surface area contributed by atoms with Gasteiger partial charge in [-0.15, -0.1) is 0 Å². The molecule has 1 aromatic rings. The molecule has 1 saturated heterocycles. The molecule has 0 unspecified atom stereocenters. The quantitative estimate of drug-likeness (QED) is 0.799. The fraction of sp³-hybridized carbons (Fsp3) is 0.696. The Labute approximate surface area is 169 Å². The van der Waals surface area contributed by atoms with Gasteiger partial charge in [-0.2, -0.15) is 0 Å². The Balaban J connectivity index is 1.11. The molecule has 0 spiro atoms. The summed E-state index contributed by atoms with van der Waals surface area (Å²) in [6, 6.07) is 10.7. The summed E-state index contributed by atoms with van der Waals surface area (Å²) < 4.78 is 0. The molecule has 3 nitrogen and oxygen atoms in total. The van der Waals surface area contributed by atoms with Crippen LogP contribution in [0.4, 0.5) is 0 Å². The van der Waals surface area contributed by atoms with Crippen LogP contribution in [0.25, 0.3) is 0 Å². The zero-order valence-corrected chi connectivity index (χ0v) is 17.2. The predicted molar refractivity (Wildman–Crippen MR) is 115 cm³/mol. The third-order valence-corrected chi connectivity index (χ3v) is 8.18. The monoisotopic (exact) mass is 383 g/mol. The molecule has 0 amide bonds. The zero-order chi connectivity index (χ0) is 18.3. The Bertz CT molecular complexity index is 630. The Morgan fingerprint density at radius 3 is 2.11 bits per heavy atom. The molecule has 4 bridgehead atoms. The molecule has 5 fully saturated rings. The number of piperazine rings is 1. The molecular formula is C23H33N3S. The van der Waals surface area contributed by atoms with Crippen molar-refractivity contribution in [1.29, 1.82) is 0 Å². The second-order valence-corrected chi connectivity index (χ2v) is 9.97. The lowest BCUT2D eigenvalue weighted by atomic mass is 9.52. The molecular weight excluding hydrogens is 350 g/mol. The lowest BCUT2D eigenvalue weighted by Gasteiger charge is -2.61. The first-order chi connectivity index (χ1) is 13.2. The highest BCUT2D eigenvalue weighted by atomic mass is 32.1. The van der Waals surface area contributed by atoms with Gasteiger partial charge in [0.2, 0.25) is 0 Å². The first-order valence-corrected chi connectivity index (χ1v) is 11.4. The molecule has 4 saturated carbocycles. The summed E-state index contributed by atoms with van der Waals surface area (Å²) in [7, 11) is 0. The molecule has 4 aliphatic carbocycles. The highest BCUT2D eigenvalue weighted by Gasteiger charge is 2.53. The molecule has 5 aliphatic rings. The van der Waals surface area contributed by atoms with Gasteiger partial charge in [0.15, 0.2) is 5.11 Å². The third kappa shape index (κ3) is 3.63. The predicted octanol–water partition coefficient (Wildman–Crippen LogP) is 3.69.